The number of hydrogen-bond acceptors (Lipinski definition) is 3. The lowest BCUT2D eigenvalue weighted by Gasteiger charge is -2.34. The Morgan fingerprint density at radius 1 is 1.82 bits per heavy atom. The van der Waals surface area contributed by atoms with Crippen LogP contribution in [0.5, 0.6) is 0 Å². The minimum atomic E-state index is -0.138. The number of nitrogens with two attached hydrogens (primary N) is 1. The predicted molar refractivity (Wildman–Crippen MR) is 40.3 cm³/mol. The molecule has 0 bridgehead atoms. The van der Waals surface area contributed by atoms with Crippen LogP contribution >= 0.6 is 0 Å². The fourth-order valence-corrected chi connectivity index (χ4v) is 1.12. The van der Waals surface area contributed by atoms with Crippen molar-refractivity contribution in [1.82, 2.24) is 4.90 Å². The number of rotatable bonds is 1. The Balaban J connectivity index is 2.51. The molecule has 4 N–H and O–H groups in total. The molecule has 0 aromatic carbocycles. The average Bonchev–Trinajstić information content (AvgIpc) is 2.04. The van der Waals surface area contributed by atoms with Gasteiger partial charge in [-0.3, -0.25) is 5.41 Å². The molecular weight excluding hydrogens is 146 g/mol. The summed E-state index contributed by atoms with van der Waals surface area (Å²) in [6.45, 7) is 1.62. The molecule has 1 rings (SSSR count). The van der Waals surface area contributed by atoms with Crippen LogP contribution in [0.15, 0.2) is 0 Å². The van der Waals surface area contributed by atoms with Gasteiger partial charge in [-0.1, -0.05) is 0 Å². The first-order valence-corrected chi connectivity index (χ1v) is 3.55. The van der Waals surface area contributed by atoms with Gasteiger partial charge in [-0.15, -0.1) is 0 Å². The number of nitrogens with one attached hydrogen (secondary N) is 1. The van der Waals surface area contributed by atoms with E-state index in [1.54, 1.807) is 4.90 Å². The van der Waals surface area contributed by atoms with Crippen LogP contribution in [-0.2, 0) is 4.74 Å². The van der Waals surface area contributed by atoms with Crippen molar-refractivity contribution in [1.29, 1.82) is 5.41 Å². The third kappa shape index (κ3) is 1.81. The number of aliphatic hydroxyl groups is 1. The Morgan fingerprint density at radius 2 is 2.55 bits per heavy atom. The van der Waals surface area contributed by atoms with Crippen molar-refractivity contribution >= 4 is 5.96 Å². The average molecular weight is 159 g/mol. The van der Waals surface area contributed by atoms with Crippen LogP contribution < -0.4 is 5.73 Å². The highest BCUT2D eigenvalue weighted by Crippen LogP contribution is 2.04. The number of aliphatic hydroxyl groups excluding tert-OH is 1. The van der Waals surface area contributed by atoms with Gasteiger partial charge in [0.05, 0.1) is 25.9 Å². The molecule has 1 fully saturated rings. The van der Waals surface area contributed by atoms with Crippen molar-refractivity contribution < 1.29 is 9.84 Å². The van der Waals surface area contributed by atoms with E-state index in [9.17, 15) is 0 Å². The normalized spacial score (nSPS) is 25.2. The van der Waals surface area contributed by atoms with Crippen molar-refractivity contribution in [2.24, 2.45) is 5.73 Å². The molecule has 0 radical (unpaired) electrons. The Kier molecular flexibility index (Phi) is 2.67. The minimum absolute atomic E-state index is 0.00681. The van der Waals surface area contributed by atoms with E-state index < -0.39 is 0 Å². The zero-order valence-corrected chi connectivity index (χ0v) is 6.29. The fourth-order valence-electron chi connectivity index (χ4n) is 1.12. The van der Waals surface area contributed by atoms with E-state index in [1.807, 2.05) is 0 Å². The van der Waals surface area contributed by atoms with Gasteiger partial charge in [0.2, 0.25) is 0 Å². The van der Waals surface area contributed by atoms with Crippen molar-refractivity contribution in [3.8, 4) is 0 Å². The summed E-state index contributed by atoms with van der Waals surface area (Å²) in [6, 6.07) is -0.138. The molecule has 0 spiro atoms. The van der Waals surface area contributed by atoms with E-state index in [0.29, 0.717) is 19.8 Å². The molecule has 0 unspecified atom stereocenters. The van der Waals surface area contributed by atoms with Crippen LogP contribution in [0.25, 0.3) is 0 Å². The fraction of sp³-hybridized carbons (Fsp3) is 0.833. The Hall–Kier alpha value is -0.810. The van der Waals surface area contributed by atoms with Gasteiger partial charge >= 0.3 is 0 Å². The summed E-state index contributed by atoms with van der Waals surface area (Å²) >= 11 is 0. The highest BCUT2D eigenvalue weighted by molar-refractivity contribution is 5.75. The molecule has 5 heteroatoms. The quantitative estimate of drug-likeness (QED) is 0.324. The summed E-state index contributed by atoms with van der Waals surface area (Å²) in [6.07, 6.45) is 0. The van der Waals surface area contributed by atoms with Crippen LogP contribution in [0.1, 0.15) is 0 Å². The van der Waals surface area contributed by atoms with Crippen LogP contribution in [-0.4, -0.2) is 48.4 Å². The zero-order chi connectivity index (χ0) is 8.27. The first-order chi connectivity index (χ1) is 5.25. The predicted octanol–water partition coefficient (Wildman–Crippen LogP) is -1.43. The SMILES string of the molecule is N=C(N)N1CCOC[C@H]1CO. The number of morpholine rings is 1. The molecule has 0 aliphatic carbocycles. The third-order valence-corrected chi connectivity index (χ3v) is 1.75. The van der Waals surface area contributed by atoms with Crippen molar-refractivity contribution in [3.05, 3.63) is 0 Å². The van der Waals surface area contributed by atoms with Crippen LogP contribution in [0.2, 0.25) is 0 Å². The van der Waals surface area contributed by atoms with E-state index in [4.69, 9.17) is 21.0 Å². The molecule has 1 saturated heterocycles. The van der Waals surface area contributed by atoms with Gasteiger partial charge in [0, 0.05) is 6.54 Å². The molecule has 0 amide bonds. The highest BCUT2D eigenvalue weighted by atomic mass is 16.5. The topological polar surface area (TPSA) is 82.6 Å². The Labute approximate surface area is 65.3 Å². The molecule has 1 aliphatic rings. The summed E-state index contributed by atoms with van der Waals surface area (Å²) in [5.41, 5.74) is 5.28. The van der Waals surface area contributed by atoms with Crippen molar-refractivity contribution in [2.75, 3.05) is 26.4 Å². The van der Waals surface area contributed by atoms with Gasteiger partial charge in [-0.25, -0.2) is 0 Å². The molecule has 0 saturated carbocycles. The smallest absolute Gasteiger partial charge is 0.188 e. The van der Waals surface area contributed by atoms with Gasteiger partial charge in [0.1, 0.15) is 0 Å². The van der Waals surface area contributed by atoms with E-state index in [0.717, 1.165) is 0 Å². The largest absolute Gasteiger partial charge is 0.394 e. The molecule has 64 valence electrons. The maximum Gasteiger partial charge on any atom is 0.188 e. The summed E-state index contributed by atoms with van der Waals surface area (Å²) in [5, 5.41) is 16.0. The molecule has 0 aromatic heterocycles. The van der Waals surface area contributed by atoms with Crippen molar-refractivity contribution in [2.45, 2.75) is 6.04 Å². The second-order valence-corrected chi connectivity index (χ2v) is 2.49. The summed E-state index contributed by atoms with van der Waals surface area (Å²) in [7, 11) is 0. The number of ether oxygens (including phenoxy) is 1. The lowest BCUT2D eigenvalue weighted by molar-refractivity contribution is 0.00388. The number of nitrogens with zero attached hydrogens (tertiary/aromatic N) is 1. The summed E-state index contributed by atoms with van der Waals surface area (Å²) in [4.78, 5) is 1.64. The summed E-state index contributed by atoms with van der Waals surface area (Å²) < 4.78 is 5.10. The summed E-state index contributed by atoms with van der Waals surface area (Å²) in [5.74, 6) is 0.00681. The molecule has 1 atom stereocenters. The number of hydrogen-bond donors (Lipinski definition) is 3. The van der Waals surface area contributed by atoms with E-state index in [2.05, 4.69) is 0 Å². The third-order valence-electron chi connectivity index (χ3n) is 1.75. The minimum Gasteiger partial charge on any atom is -0.394 e. The van der Waals surface area contributed by atoms with E-state index in [1.165, 1.54) is 0 Å². The van der Waals surface area contributed by atoms with Gasteiger partial charge in [-0.05, 0) is 0 Å². The molecule has 1 heterocycles. The molecule has 1 aliphatic heterocycles. The van der Waals surface area contributed by atoms with E-state index >= 15 is 0 Å². The van der Waals surface area contributed by atoms with Crippen LogP contribution in [0.4, 0.5) is 0 Å². The van der Waals surface area contributed by atoms with Crippen molar-refractivity contribution in [3.63, 3.8) is 0 Å². The molecule has 0 aromatic rings. The number of guanidine groups is 1. The van der Waals surface area contributed by atoms with Gasteiger partial charge in [-0.2, -0.15) is 0 Å². The Bertz CT molecular complexity index is 151. The first-order valence-electron chi connectivity index (χ1n) is 3.55. The van der Waals surface area contributed by atoms with E-state index in [-0.39, 0.29) is 18.6 Å². The lowest BCUT2D eigenvalue weighted by Crippen LogP contribution is -2.52. The monoisotopic (exact) mass is 159 g/mol. The Morgan fingerprint density at radius 3 is 3.00 bits per heavy atom. The maximum atomic E-state index is 8.84. The van der Waals surface area contributed by atoms with Gasteiger partial charge < -0.3 is 20.5 Å². The standard InChI is InChI=1S/C6H13N3O2/c7-6(8)9-1-2-11-4-5(9)3-10/h5,10H,1-4H2,(H3,7,8)/t5-/m1/s1. The van der Waals surface area contributed by atoms with Crippen LogP contribution in [0.3, 0.4) is 0 Å². The van der Waals surface area contributed by atoms with Gasteiger partial charge in [0.25, 0.3) is 0 Å². The molecular formula is C6H13N3O2. The van der Waals surface area contributed by atoms with Gasteiger partial charge in [0.15, 0.2) is 5.96 Å². The zero-order valence-electron chi connectivity index (χ0n) is 6.29. The first kappa shape index (κ1) is 8.29. The molecule has 5 nitrogen and oxygen atoms in total. The lowest BCUT2D eigenvalue weighted by atomic mass is 10.2. The highest BCUT2D eigenvalue weighted by Gasteiger charge is 2.22. The molecule has 11 heavy (non-hydrogen) atoms. The maximum absolute atomic E-state index is 8.84. The van der Waals surface area contributed by atoms with Crippen LogP contribution in [0, 0.1) is 5.41 Å². The second kappa shape index (κ2) is 3.54. The second-order valence-electron chi connectivity index (χ2n) is 2.49.